The number of nitrogens with zero attached hydrogens (tertiary/aromatic N) is 1. The normalized spacial score (nSPS) is 12.3. The Bertz CT molecular complexity index is 1040. The molecular formula is C17H14F2N2O4. The molecule has 2 aromatic heterocycles. The maximum absolute atomic E-state index is 13.8. The van der Waals surface area contributed by atoms with Gasteiger partial charge >= 0.3 is 5.63 Å². The molecule has 0 amide bonds. The zero-order valence-corrected chi connectivity index (χ0v) is 13.4. The molecule has 130 valence electrons. The first-order valence-electron chi connectivity index (χ1n) is 7.58. The van der Waals surface area contributed by atoms with Crippen molar-refractivity contribution in [3.8, 4) is 6.01 Å². The average Bonchev–Trinajstić information content (AvgIpc) is 2.53. The van der Waals surface area contributed by atoms with Crippen LogP contribution in [0.15, 0.2) is 38.3 Å². The summed E-state index contributed by atoms with van der Waals surface area (Å²) in [5, 5.41) is 0.138. The average molecular weight is 348 g/mol. The lowest BCUT2D eigenvalue weighted by molar-refractivity contribution is 0.197. The number of benzene rings is 1. The molecule has 0 saturated heterocycles. The Labute approximate surface area is 140 Å². The molecule has 1 N–H and O–H groups in total. The van der Waals surface area contributed by atoms with Crippen LogP contribution in [-0.4, -0.2) is 9.97 Å². The lowest BCUT2D eigenvalue weighted by Crippen LogP contribution is -2.17. The van der Waals surface area contributed by atoms with E-state index < -0.39 is 28.9 Å². The Morgan fingerprint density at radius 2 is 1.96 bits per heavy atom. The molecule has 8 heteroatoms. The highest BCUT2D eigenvalue weighted by atomic mass is 19.1. The summed E-state index contributed by atoms with van der Waals surface area (Å²) in [6.45, 7) is 3.19. The van der Waals surface area contributed by atoms with Crippen molar-refractivity contribution in [3.05, 3.63) is 67.8 Å². The predicted octanol–water partition coefficient (Wildman–Crippen LogP) is 2.86. The number of hydrogen-bond donors (Lipinski definition) is 1. The molecule has 0 saturated carbocycles. The third kappa shape index (κ3) is 3.15. The summed E-state index contributed by atoms with van der Waals surface area (Å²) in [6, 6.07) is 4.35. The zero-order chi connectivity index (χ0) is 18.1. The molecule has 3 aromatic rings. The summed E-state index contributed by atoms with van der Waals surface area (Å²) < 4.78 is 37.9. The van der Waals surface area contributed by atoms with Crippen molar-refractivity contribution in [3.63, 3.8) is 0 Å². The van der Waals surface area contributed by atoms with E-state index in [0.717, 1.165) is 12.1 Å². The molecule has 25 heavy (non-hydrogen) atoms. The molecule has 1 aromatic carbocycles. The first kappa shape index (κ1) is 16.8. The second kappa shape index (κ2) is 6.46. The summed E-state index contributed by atoms with van der Waals surface area (Å²) in [5.41, 5.74) is -1.22. The summed E-state index contributed by atoms with van der Waals surface area (Å²) in [5.74, 6) is -1.56. The lowest BCUT2D eigenvalue weighted by atomic mass is 10.1. The van der Waals surface area contributed by atoms with Crippen LogP contribution >= 0.6 is 0 Å². The van der Waals surface area contributed by atoms with E-state index in [1.807, 2.05) is 0 Å². The van der Waals surface area contributed by atoms with Gasteiger partial charge in [0.15, 0.2) is 0 Å². The fraction of sp³-hybridized carbons (Fsp3) is 0.235. The van der Waals surface area contributed by atoms with E-state index >= 15 is 0 Å². The van der Waals surface area contributed by atoms with E-state index in [-0.39, 0.29) is 22.7 Å². The van der Waals surface area contributed by atoms with Crippen LogP contribution in [0.3, 0.4) is 0 Å². The van der Waals surface area contributed by atoms with Gasteiger partial charge in [-0.3, -0.25) is 9.78 Å². The molecule has 0 fully saturated rings. The van der Waals surface area contributed by atoms with Crippen molar-refractivity contribution in [2.75, 3.05) is 0 Å². The molecule has 0 bridgehead atoms. The summed E-state index contributed by atoms with van der Waals surface area (Å²) in [4.78, 5) is 30.1. The van der Waals surface area contributed by atoms with Gasteiger partial charge < -0.3 is 9.15 Å². The summed E-state index contributed by atoms with van der Waals surface area (Å²) >= 11 is 0. The monoisotopic (exact) mass is 348 g/mol. The molecule has 0 aliphatic heterocycles. The van der Waals surface area contributed by atoms with Crippen LogP contribution in [0.1, 0.15) is 31.1 Å². The molecule has 6 nitrogen and oxygen atoms in total. The van der Waals surface area contributed by atoms with Gasteiger partial charge in [0.25, 0.3) is 11.6 Å². The number of aryl methyl sites for hydroxylation is 1. The molecule has 2 heterocycles. The van der Waals surface area contributed by atoms with Gasteiger partial charge in [0, 0.05) is 6.07 Å². The second-order valence-corrected chi connectivity index (χ2v) is 5.39. The Morgan fingerprint density at radius 3 is 2.60 bits per heavy atom. The van der Waals surface area contributed by atoms with Crippen molar-refractivity contribution in [2.45, 2.75) is 26.4 Å². The van der Waals surface area contributed by atoms with Crippen molar-refractivity contribution >= 4 is 11.1 Å². The molecule has 1 atom stereocenters. The molecular weight excluding hydrogens is 334 g/mol. The summed E-state index contributed by atoms with van der Waals surface area (Å²) in [7, 11) is 0. The highest BCUT2D eigenvalue weighted by Gasteiger charge is 2.20. The number of aromatic nitrogens is 2. The number of nitrogens with one attached hydrogen (secondary N) is 1. The highest BCUT2D eigenvalue weighted by molar-refractivity contribution is 5.75. The van der Waals surface area contributed by atoms with E-state index in [1.54, 1.807) is 6.92 Å². The third-order valence-electron chi connectivity index (χ3n) is 3.75. The minimum atomic E-state index is -1.07. The minimum Gasteiger partial charge on any atom is -0.457 e. The van der Waals surface area contributed by atoms with E-state index in [0.29, 0.717) is 12.0 Å². The first-order valence-corrected chi connectivity index (χ1v) is 7.58. The van der Waals surface area contributed by atoms with Gasteiger partial charge in [0.1, 0.15) is 23.1 Å². The van der Waals surface area contributed by atoms with E-state index in [4.69, 9.17) is 9.15 Å². The van der Waals surface area contributed by atoms with Gasteiger partial charge in [0.2, 0.25) is 5.71 Å². The smallest absolute Gasteiger partial charge is 0.337 e. The van der Waals surface area contributed by atoms with Crippen molar-refractivity contribution in [1.82, 2.24) is 9.97 Å². The number of hydrogen-bond acceptors (Lipinski definition) is 5. The van der Waals surface area contributed by atoms with Crippen LogP contribution in [0, 0.1) is 11.6 Å². The predicted molar refractivity (Wildman–Crippen MR) is 85.7 cm³/mol. The Kier molecular flexibility index (Phi) is 4.35. The highest BCUT2D eigenvalue weighted by Crippen LogP contribution is 2.24. The Morgan fingerprint density at radius 1 is 1.28 bits per heavy atom. The van der Waals surface area contributed by atoms with Crippen LogP contribution in [-0.2, 0) is 6.42 Å². The van der Waals surface area contributed by atoms with Crippen LogP contribution in [0.25, 0.3) is 11.1 Å². The SMILES string of the molecule is CCc1cc(=O)oc2nc(O[C@@H](C)c3c(F)cccc3F)[nH]c(=O)c12. The second-order valence-electron chi connectivity index (χ2n) is 5.39. The van der Waals surface area contributed by atoms with E-state index in [1.165, 1.54) is 19.1 Å². The summed E-state index contributed by atoms with van der Waals surface area (Å²) in [6.07, 6.45) is -0.632. The van der Waals surface area contributed by atoms with Crippen LogP contribution in [0.2, 0.25) is 0 Å². The fourth-order valence-electron chi connectivity index (χ4n) is 2.59. The number of rotatable bonds is 4. The molecule has 3 rings (SSSR count). The fourth-order valence-corrected chi connectivity index (χ4v) is 2.59. The van der Waals surface area contributed by atoms with E-state index in [9.17, 15) is 18.4 Å². The van der Waals surface area contributed by atoms with Crippen molar-refractivity contribution in [1.29, 1.82) is 0 Å². The van der Waals surface area contributed by atoms with Gasteiger partial charge in [-0.2, -0.15) is 4.98 Å². The molecule has 0 spiro atoms. The van der Waals surface area contributed by atoms with E-state index in [2.05, 4.69) is 9.97 Å². The van der Waals surface area contributed by atoms with Crippen LogP contribution in [0.4, 0.5) is 8.78 Å². The topological polar surface area (TPSA) is 85.2 Å². The number of fused-ring (bicyclic) bond motifs is 1. The zero-order valence-electron chi connectivity index (χ0n) is 13.4. The van der Waals surface area contributed by atoms with Crippen molar-refractivity contribution < 1.29 is 17.9 Å². The maximum Gasteiger partial charge on any atom is 0.337 e. The van der Waals surface area contributed by atoms with Crippen LogP contribution in [0.5, 0.6) is 6.01 Å². The Hall–Kier alpha value is -3.03. The number of halogens is 2. The number of aromatic amines is 1. The van der Waals surface area contributed by atoms with Crippen molar-refractivity contribution in [2.24, 2.45) is 0 Å². The third-order valence-corrected chi connectivity index (χ3v) is 3.75. The number of ether oxygens (including phenoxy) is 1. The Balaban J connectivity index is 2.06. The molecule has 0 aliphatic carbocycles. The molecule has 0 unspecified atom stereocenters. The quantitative estimate of drug-likeness (QED) is 0.784. The largest absolute Gasteiger partial charge is 0.457 e. The van der Waals surface area contributed by atoms with Gasteiger partial charge in [-0.25, -0.2) is 13.6 Å². The van der Waals surface area contributed by atoms with Crippen LogP contribution < -0.4 is 15.9 Å². The molecule has 0 radical (unpaired) electrons. The standard InChI is InChI=1S/C17H14F2N2O4/c1-3-9-7-12(22)25-16-14(9)15(23)20-17(21-16)24-8(2)13-10(18)5-4-6-11(13)19/h4-8H,3H2,1-2H3,(H,20,21,23)/t8-/m0/s1. The van der Waals surface area contributed by atoms with Gasteiger partial charge in [-0.1, -0.05) is 13.0 Å². The molecule has 0 aliphatic rings. The lowest BCUT2D eigenvalue weighted by Gasteiger charge is -2.15. The maximum atomic E-state index is 13.8. The number of H-pyrrole nitrogens is 1. The van der Waals surface area contributed by atoms with Gasteiger partial charge in [-0.05, 0) is 31.0 Å². The van der Waals surface area contributed by atoms with Gasteiger partial charge in [-0.15, -0.1) is 0 Å². The first-order chi connectivity index (χ1) is 11.9. The van der Waals surface area contributed by atoms with Gasteiger partial charge in [0.05, 0.1) is 5.56 Å². The minimum absolute atomic E-state index is 0.138.